The van der Waals surface area contributed by atoms with E-state index in [-0.39, 0.29) is 11.8 Å². The molecule has 1 aliphatic heterocycles. The third kappa shape index (κ3) is 3.91. The van der Waals surface area contributed by atoms with E-state index in [4.69, 9.17) is 0 Å². The summed E-state index contributed by atoms with van der Waals surface area (Å²) in [6, 6.07) is 9.63. The third-order valence-electron chi connectivity index (χ3n) is 4.61. The topological polar surface area (TPSA) is 61.4 Å². The van der Waals surface area contributed by atoms with Gasteiger partial charge in [-0.3, -0.25) is 14.5 Å². The number of hydrogen-bond donors (Lipinski definition) is 2. The molecule has 2 aliphatic rings. The van der Waals surface area contributed by atoms with Gasteiger partial charge in [0.05, 0.1) is 17.8 Å². The van der Waals surface area contributed by atoms with Crippen LogP contribution in [0.2, 0.25) is 0 Å². The highest BCUT2D eigenvalue weighted by atomic mass is 32.1. The normalized spacial score (nSPS) is 17.0. The van der Waals surface area contributed by atoms with Gasteiger partial charge in [-0.2, -0.15) is 0 Å². The van der Waals surface area contributed by atoms with Gasteiger partial charge in [-0.1, -0.05) is 12.1 Å². The van der Waals surface area contributed by atoms with Gasteiger partial charge in [-0.15, -0.1) is 11.3 Å². The summed E-state index contributed by atoms with van der Waals surface area (Å²) in [7, 11) is 0. The molecule has 130 valence electrons. The van der Waals surface area contributed by atoms with Crippen LogP contribution in [-0.4, -0.2) is 35.8 Å². The lowest BCUT2D eigenvalue weighted by Crippen LogP contribution is -2.37. The monoisotopic (exact) mass is 355 g/mol. The van der Waals surface area contributed by atoms with Gasteiger partial charge < -0.3 is 10.6 Å². The highest BCUT2D eigenvalue weighted by Gasteiger charge is 2.25. The van der Waals surface area contributed by atoms with Gasteiger partial charge >= 0.3 is 0 Å². The number of anilines is 1. The van der Waals surface area contributed by atoms with Crippen molar-refractivity contribution < 1.29 is 9.59 Å². The van der Waals surface area contributed by atoms with Gasteiger partial charge in [-0.25, -0.2) is 0 Å². The van der Waals surface area contributed by atoms with Crippen LogP contribution < -0.4 is 10.6 Å². The standard InChI is InChI=1S/C19H21N3O2S/c23-18(12-22-9-7-17-13(11-22)8-10-25-17)21-16-4-2-1-3-15(16)19(24)20-14-5-6-14/h1-4,8,10,14H,5-7,9,11-12H2,(H,20,24)(H,21,23). The number of hydrogen-bond acceptors (Lipinski definition) is 4. The molecule has 1 aromatic heterocycles. The number of rotatable bonds is 5. The van der Waals surface area contributed by atoms with Crippen molar-refractivity contribution >= 4 is 28.8 Å². The molecule has 0 unspecified atom stereocenters. The van der Waals surface area contributed by atoms with Crippen molar-refractivity contribution in [2.24, 2.45) is 0 Å². The lowest BCUT2D eigenvalue weighted by Gasteiger charge is -2.26. The molecule has 2 aromatic rings. The number of fused-ring (bicyclic) bond motifs is 1. The van der Waals surface area contributed by atoms with E-state index in [0.29, 0.717) is 23.8 Å². The first-order valence-electron chi connectivity index (χ1n) is 8.66. The van der Waals surface area contributed by atoms with Gasteiger partial charge in [0.15, 0.2) is 0 Å². The molecule has 2 amide bonds. The van der Waals surface area contributed by atoms with Crippen LogP contribution in [0.5, 0.6) is 0 Å². The largest absolute Gasteiger partial charge is 0.349 e. The van der Waals surface area contributed by atoms with Crippen LogP contribution in [0.1, 0.15) is 33.6 Å². The van der Waals surface area contributed by atoms with E-state index < -0.39 is 0 Å². The lowest BCUT2D eigenvalue weighted by atomic mass is 10.1. The van der Waals surface area contributed by atoms with Crippen molar-refractivity contribution in [3.05, 3.63) is 51.7 Å². The average molecular weight is 355 g/mol. The molecular formula is C19H21N3O2S. The van der Waals surface area contributed by atoms with Gasteiger partial charge in [-0.05, 0) is 48.4 Å². The van der Waals surface area contributed by atoms with Crippen LogP contribution >= 0.6 is 11.3 Å². The fraction of sp³-hybridized carbons (Fsp3) is 0.368. The maximum Gasteiger partial charge on any atom is 0.253 e. The number of para-hydroxylation sites is 1. The Kier molecular flexibility index (Phi) is 4.55. The molecule has 1 saturated carbocycles. The fourth-order valence-electron chi connectivity index (χ4n) is 3.12. The second kappa shape index (κ2) is 6.98. The number of benzene rings is 1. The van der Waals surface area contributed by atoms with E-state index in [9.17, 15) is 9.59 Å². The summed E-state index contributed by atoms with van der Waals surface area (Å²) in [5.41, 5.74) is 2.44. The van der Waals surface area contributed by atoms with E-state index >= 15 is 0 Å². The molecule has 2 N–H and O–H groups in total. The summed E-state index contributed by atoms with van der Waals surface area (Å²) in [6.45, 7) is 2.05. The minimum absolute atomic E-state index is 0.0784. The Balaban J connectivity index is 1.38. The van der Waals surface area contributed by atoms with Crippen LogP contribution in [0.25, 0.3) is 0 Å². The number of carbonyl (C=O) groups excluding carboxylic acids is 2. The third-order valence-corrected chi connectivity index (χ3v) is 5.64. The fourth-order valence-corrected chi connectivity index (χ4v) is 4.01. The predicted octanol–water partition coefficient (Wildman–Crippen LogP) is 2.64. The second-order valence-electron chi connectivity index (χ2n) is 6.67. The van der Waals surface area contributed by atoms with Crippen molar-refractivity contribution in [1.82, 2.24) is 10.2 Å². The molecule has 2 heterocycles. The summed E-state index contributed by atoms with van der Waals surface area (Å²) in [4.78, 5) is 28.4. The average Bonchev–Trinajstić information content (AvgIpc) is 3.29. The molecule has 1 aromatic carbocycles. The molecule has 5 nitrogen and oxygen atoms in total. The summed E-state index contributed by atoms with van der Waals surface area (Å²) in [6.07, 6.45) is 3.08. The number of amides is 2. The zero-order chi connectivity index (χ0) is 17.2. The molecule has 6 heteroatoms. The first-order valence-corrected chi connectivity index (χ1v) is 9.54. The molecule has 4 rings (SSSR count). The molecule has 0 atom stereocenters. The number of thiophene rings is 1. The SMILES string of the molecule is O=C(CN1CCc2sccc2C1)Nc1ccccc1C(=O)NC1CC1. The highest BCUT2D eigenvalue weighted by molar-refractivity contribution is 7.10. The Bertz CT molecular complexity index is 797. The van der Waals surface area contributed by atoms with Crippen molar-refractivity contribution in [3.8, 4) is 0 Å². The van der Waals surface area contributed by atoms with Gasteiger partial charge in [0, 0.05) is 24.0 Å². The summed E-state index contributed by atoms with van der Waals surface area (Å²) in [5.74, 6) is -0.190. The molecule has 0 saturated heterocycles. The highest BCUT2D eigenvalue weighted by Crippen LogP contribution is 2.24. The molecule has 0 spiro atoms. The van der Waals surface area contributed by atoms with E-state index in [1.54, 1.807) is 23.5 Å². The summed E-state index contributed by atoms with van der Waals surface area (Å²) >= 11 is 1.79. The second-order valence-corrected chi connectivity index (χ2v) is 7.67. The van der Waals surface area contributed by atoms with Crippen LogP contribution in [0.15, 0.2) is 35.7 Å². The van der Waals surface area contributed by atoms with Crippen molar-refractivity contribution in [1.29, 1.82) is 0 Å². The van der Waals surface area contributed by atoms with E-state index in [1.165, 1.54) is 10.4 Å². The Morgan fingerprint density at radius 3 is 2.88 bits per heavy atom. The van der Waals surface area contributed by atoms with Crippen molar-refractivity contribution in [2.75, 3.05) is 18.4 Å². The van der Waals surface area contributed by atoms with Gasteiger partial charge in [0.25, 0.3) is 5.91 Å². The van der Waals surface area contributed by atoms with Gasteiger partial charge in [0.1, 0.15) is 0 Å². The summed E-state index contributed by atoms with van der Waals surface area (Å²) < 4.78 is 0. The summed E-state index contributed by atoms with van der Waals surface area (Å²) in [5, 5.41) is 8.00. The maximum absolute atomic E-state index is 12.5. The number of nitrogens with one attached hydrogen (secondary N) is 2. The molecule has 0 radical (unpaired) electrons. The van der Waals surface area contributed by atoms with Crippen molar-refractivity contribution in [2.45, 2.75) is 31.8 Å². The van der Waals surface area contributed by atoms with Crippen LogP contribution in [0.3, 0.4) is 0 Å². The Morgan fingerprint density at radius 1 is 1.20 bits per heavy atom. The van der Waals surface area contributed by atoms with Crippen molar-refractivity contribution in [3.63, 3.8) is 0 Å². The molecule has 0 bridgehead atoms. The first-order chi connectivity index (χ1) is 12.2. The Labute approximate surface area is 151 Å². The van der Waals surface area contributed by atoms with Crippen LogP contribution in [0.4, 0.5) is 5.69 Å². The first kappa shape index (κ1) is 16.3. The quantitative estimate of drug-likeness (QED) is 0.867. The minimum Gasteiger partial charge on any atom is -0.349 e. The zero-order valence-corrected chi connectivity index (χ0v) is 14.8. The van der Waals surface area contributed by atoms with Gasteiger partial charge in [0.2, 0.25) is 5.91 Å². The van der Waals surface area contributed by atoms with Crippen LogP contribution in [-0.2, 0) is 17.8 Å². The Hall–Kier alpha value is -2.18. The molecule has 1 fully saturated rings. The van der Waals surface area contributed by atoms with E-state index in [0.717, 1.165) is 32.4 Å². The maximum atomic E-state index is 12.5. The molecule has 25 heavy (non-hydrogen) atoms. The van der Waals surface area contributed by atoms with E-state index in [1.807, 2.05) is 12.1 Å². The zero-order valence-electron chi connectivity index (χ0n) is 14.0. The molecular weight excluding hydrogens is 334 g/mol. The molecule has 1 aliphatic carbocycles. The minimum atomic E-state index is -0.112. The number of carbonyl (C=O) groups is 2. The smallest absolute Gasteiger partial charge is 0.253 e. The van der Waals surface area contributed by atoms with E-state index in [2.05, 4.69) is 27.0 Å². The number of nitrogens with zero attached hydrogens (tertiary/aromatic N) is 1. The lowest BCUT2D eigenvalue weighted by molar-refractivity contribution is -0.117. The Morgan fingerprint density at radius 2 is 2.04 bits per heavy atom. The van der Waals surface area contributed by atoms with Crippen LogP contribution in [0, 0.1) is 0 Å². The predicted molar refractivity (Wildman–Crippen MR) is 98.9 cm³/mol.